The fourth-order valence-electron chi connectivity index (χ4n) is 6.65. The normalized spacial score (nSPS) is 13.9. The van der Waals surface area contributed by atoms with Crippen molar-refractivity contribution >= 4 is 53.9 Å². The molecule has 9 aromatic carbocycles. The summed E-state index contributed by atoms with van der Waals surface area (Å²) in [6, 6.07) is 39.7. The summed E-state index contributed by atoms with van der Waals surface area (Å²) >= 11 is 0. The van der Waals surface area contributed by atoms with E-state index < -0.39 is 0 Å². The highest BCUT2D eigenvalue weighted by Gasteiger charge is 2.18. The van der Waals surface area contributed by atoms with Crippen molar-refractivity contribution in [2.24, 2.45) is 0 Å². The zero-order valence-corrected chi connectivity index (χ0v) is 23.6. The van der Waals surface area contributed by atoms with Gasteiger partial charge in [-0.25, -0.2) is 0 Å². The summed E-state index contributed by atoms with van der Waals surface area (Å²) in [6.07, 6.45) is 0. The first-order chi connectivity index (χ1) is 24.8. The molecule has 44 heavy (non-hydrogen) atoms. The van der Waals surface area contributed by atoms with Crippen molar-refractivity contribution in [2.45, 2.75) is 0 Å². The molecule has 9 rings (SSSR count). The van der Waals surface area contributed by atoms with Crippen molar-refractivity contribution in [3.05, 3.63) is 170 Å². The van der Waals surface area contributed by atoms with Crippen LogP contribution in [0.4, 0.5) is 0 Å². The predicted octanol–water partition coefficient (Wildman–Crippen LogP) is 12.5. The van der Waals surface area contributed by atoms with E-state index in [1.807, 2.05) is 109 Å². The van der Waals surface area contributed by atoms with Gasteiger partial charge in [0.1, 0.15) is 0 Å². The molecule has 0 unspecified atom stereocenters. The molecule has 0 N–H and O–H groups in total. The van der Waals surface area contributed by atoms with Crippen LogP contribution >= 0.6 is 0 Å². The summed E-state index contributed by atoms with van der Waals surface area (Å²) < 4.78 is 65.4. The van der Waals surface area contributed by atoms with Crippen molar-refractivity contribution in [2.75, 3.05) is 0 Å². The smallest absolute Gasteiger partial charge is 0.0622 e. The van der Waals surface area contributed by atoms with Gasteiger partial charge in [-0.2, -0.15) is 0 Å². The lowest BCUT2D eigenvalue weighted by molar-refractivity contribution is 1.65. The van der Waals surface area contributed by atoms with Crippen LogP contribution in [0.25, 0.3) is 87.2 Å². The molecule has 0 radical (unpaired) electrons. The largest absolute Gasteiger partial charge is 0.0636 e. The Bertz CT molecular complexity index is 2930. The molecule has 0 aromatic heterocycles. The second-order valence-electron chi connectivity index (χ2n) is 11.1. The third-order valence-electron chi connectivity index (χ3n) is 8.66. The van der Waals surface area contributed by atoms with E-state index in [1.165, 1.54) is 0 Å². The fourth-order valence-corrected chi connectivity index (χ4v) is 6.65. The molecule has 0 amide bonds. The van der Waals surface area contributed by atoms with Gasteiger partial charge in [0.05, 0.1) is 9.60 Å². The molecule has 204 valence electrons. The second-order valence-corrected chi connectivity index (χ2v) is 11.1. The number of fused-ring (bicyclic) bond motifs is 6. The van der Waals surface area contributed by atoms with E-state index in [9.17, 15) is 6.85 Å². The molecular formula is C44H28. The highest BCUT2D eigenvalue weighted by atomic mass is 14.2. The summed E-state index contributed by atoms with van der Waals surface area (Å²) in [7, 11) is 0. The molecule has 0 bridgehead atoms. The number of benzene rings is 9. The average molecular weight is 564 g/mol. The van der Waals surface area contributed by atoms with E-state index in [0.717, 1.165) is 32.3 Å². The lowest BCUT2D eigenvalue weighted by Gasteiger charge is -2.19. The Labute approximate surface area is 266 Å². The molecule has 9 aromatic rings. The molecule has 0 fully saturated rings. The van der Waals surface area contributed by atoms with Crippen molar-refractivity contribution in [1.29, 1.82) is 0 Å². The molecule has 0 saturated carbocycles. The summed E-state index contributed by atoms with van der Waals surface area (Å²) in [4.78, 5) is 0. The van der Waals surface area contributed by atoms with Gasteiger partial charge in [0, 0.05) is 0 Å². The van der Waals surface area contributed by atoms with Crippen LogP contribution in [0.3, 0.4) is 0 Å². The van der Waals surface area contributed by atoms with Gasteiger partial charge in [0.2, 0.25) is 0 Å². The van der Waals surface area contributed by atoms with Crippen molar-refractivity contribution in [3.63, 3.8) is 0 Å². The molecule has 0 heterocycles. The zero-order chi connectivity index (χ0) is 35.1. The van der Waals surface area contributed by atoms with E-state index in [0.29, 0.717) is 44.2 Å². The maximum absolute atomic E-state index is 10.0. The van der Waals surface area contributed by atoms with Gasteiger partial charge in [0.15, 0.2) is 0 Å². The fraction of sp³-hybridized carbons (Fsp3) is 0. The maximum atomic E-state index is 10.0. The minimum absolute atomic E-state index is 0.0300. The van der Waals surface area contributed by atoms with Crippen LogP contribution in [0.2, 0.25) is 0 Å². The first-order valence-electron chi connectivity index (χ1n) is 18.2. The Balaban J connectivity index is 1.55. The van der Waals surface area contributed by atoms with Gasteiger partial charge < -0.3 is 0 Å². The summed E-state index contributed by atoms with van der Waals surface area (Å²) in [6.45, 7) is 0. The summed E-state index contributed by atoms with van der Waals surface area (Å²) in [5.41, 5.74) is 3.12. The first kappa shape index (κ1) is 18.7. The highest BCUT2D eigenvalue weighted by molar-refractivity contribution is 6.23. The Morgan fingerprint density at radius 3 is 1.77 bits per heavy atom. The molecule has 0 aliphatic carbocycles. The van der Waals surface area contributed by atoms with Crippen LogP contribution in [-0.4, -0.2) is 0 Å². The molecular weight excluding hydrogens is 528 g/mol. The van der Waals surface area contributed by atoms with Gasteiger partial charge in [-0.3, -0.25) is 0 Å². The maximum Gasteiger partial charge on any atom is 0.0636 e. The van der Waals surface area contributed by atoms with Crippen LogP contribution in [0.5, 0.6) is 0 Å². The van der Waals surface area contributed by atoms with Gasteiger partial charge in [-0.1, -0.05) is 158 Å². The van der Waals surface area contributed by atoms with Gasteiger partial charge in [-0.15, -0.1) is 0 Å². The average Bonchev–Trinajstić information content (AvgIpc) is 3.17. The van der Waals surface area contributed by atoms with E-state index >= 15 is 0 Å². The lowest BCUT2D eigenvalue weighted by Crippen LogP contribution is -1.92. The Morgan fingerprint density at radius 1 is 0.341 bits per heavy atom. The van der Waals surface area contributed by atoms with Crippen LogP contribution in [0, 0.1) is 0 Å². The van der Waals surface area contributed by atoms with Crippen LogP contribution in [0.1, 0.15) is 9.60 Å². The molecule has 0 aliphatic heterocycles. The van der Waals surface area contributed by atoms with Crippen LogP contribution < -0.4 is 0 Å². The van der Waals surface area contributed by atoms with E-state index in [-0.39, 0.29) is 53.1 Å². The zero-order valence-electron chi connectivity index (χ0n) is 30.6. The predicted molar refractivity (Wildman–Crippen MR) is 190 cm³/mol. The van der Waals surface area contributed by atoms with Crippen LogP contribution in [0.15, 0.2) is 170 Å². The molecule has 0 saturated heterocycles. The quantitative estimate of drug-likeness (QED) is 0.148. The van der Waals surface area contributed by atoms with E-state index in [1.54, 1.807) is 0 Å². The Hall–Kier alpha value is -5.72. The molecule has 0 spiro atoms. The van der Waals surface area contributed by atoms with Crippen molar-refractivity contribution < 1.29 is 9.60 Å². The standard InChI is InChI=1S/C44H28/c1-2-13-31(14-3-1)43-39-18-8-9-19-40(39)44(34-24-25-38-32(27-34)22-21-30-12-5-7-17-36(30)38)42-28-33(23-26-41(42)43)37-20-10-15-29-11-4-6-16-35(29)37/h1-28H/i8D,9D,18D,19D,23D,26D,28D. The molecule has 0 heteroatoms. The first-order valence-corrected chi connectivity index (χ1v) is 14.7. The summed E-state index contributed by atoms with van der Waals surface area (Å²) in [5.74, 6) is 0. The number of hydrogen-bond donors (Lipinski definition) is 0. The minimum atomic E-state index is -0.379. The van der Waals surface area contributed by atoms with Gasteiger partial charge in [-0.05, 0) is 99.4 Å². The van der Waals surface area contributed by atoms with Crippen molar-refractivity contribution in [1.82, 2.24) is 0 Å². The molecule has 0 atom stereocenters. The molecule has 0 nitrogen and oxygen atoms in total. The summed E-state index contributed by atoms with van der Waals surface area (Å²) in [5, 5.41) is 7.18. The molecule has 0 aliphatic rings. The Morgan fingerprint density at radius 2 is 0.955 bits per heavy atom. The number of hydrogen-bond acceptors (Lipinski definition) is 0. The minimum Gasteiger partial charge on any atom is -0.0622 e. The lowest BCUT2D eigenvalue weighted by atomic mass is 9.84. The van der Waals surface area contributed by atoms with Crippen LogP contribution in [-0.2, 0) is 0 Å². The second kappa shape index (κ2) is 9.93. The monoisotopic (exact) mass is 563 g/mol. The van der Waals surface area contributed by atoms with Gasteiger partial charge >= 0.3 is 0 Å². The number of rotatable bonds is 3. The van der Waals surface area contributed by atoms with Gasteiger partial charge in [0.25, 0.3) is 0 Å². The third-order valence-corrected chi connectivity index (χ3v) is 8.66. The Kier molecular flexibility index (Phi) is 4.23. The van der Waals surface area contributed by atoms with E-state index in [2.05, 4.69) is 18.2 Å². The van der Waals surface area contributed by atoms with E-state index in [4.69, 9.17) is 2.74 Å². The SMILES string of the molecule is [2H]c1c([2H])c([2H])c2c(-c3ccc4c(ccc5ccccc54)c3)c3c([2H])c(-c4cccc5ccccc45)c([2H])c([2H])c3c(-c3ccccc3)c2c1[2H]. The topological polar surface area (TPSA) is 0 Å². The third kappa shape index (κ3) is 3.85. The highest BCUT2D eigenvalue weighted by Crippen LogP contribution is 2.46. The van der Waals surface area contributed by atoms with Crippen molar-refractivity contribution in [3.8, 4) is 33.4 Å².